The Balaban J connectivity index is 3.02. The Hall–Kier alpha value is -1.47. The van der Waals surface area contributed by atoms with Crippen LogP contribution in [0, 0.1) is 0 Å². The molecule has 1 atom stereocenters. The summed E-state index contributed by atoms with van der Waals surface area (Å²) in [6.07, 6.45) is 0.544. The first-order chi connectivity index (χ1) is 8.65. The third kappa shape index (κ3) is 3.27. The van der Waals surface area contributed by atoms with Crippen LogP contribution in [0.15, 0.2) is 0 Å². The van der Waals surface area contributed by atoms with Crippen molar-refractivity contribution in [1.29, 1.82) is 0 Å². The zero-order chi connectivity index (χ0) is 13.5. The van der Waals surface area contributed by atoms with Crippen molar-refractivity contribution >= 4 is 5.97 Å². The summed E-state index contributed by atoms with van der Waals surface area (Å²) in [6, 6.07) is -0.00670. The lowest BCUT2D eigenvalue weighted by atomic mass is 10.2. The molecule has 0 saturated carbocycles. The molecule has 1 aromatic rings. The average Bonchev–Trinajstić information content (AvgIpc) is 2.79. The molecule has 1 aromatic heterocycles. The first-order valence-electron chi connectivity index (χ1n) is 5.65. The minimum Gasteiger partial charge on any atom is -0.464 e. The van der Waals surface area contributed by atoms with E-state index in [1.165, 1.54) is 7.11 Å². The monoisotopic (exact) mass is 257 g/mol. The topological polar surface area (TPSA) is 75.5 Å². The summed E-state index contributed by atoms with van der Waals surface area (Å²) in [4.78, 5) is 11.6. The van der Waals surface area contributed by atoms with Crippen molar-refractivity contribution in [2.45, 2.75) is 19.4 Å². The molecule has 0 N–H and O–H groups in total. The Labute approximate surface area is 106 Å². The second-order valence-electron chi connectivity index (χ2n) is 3.87. The summed E-state index contributed by atoms with van der Waals surface area (Å²) in [5.41, 5.74) is 0.936. The zero-order valence-corrected chi connectivity index (χ0v) is 11.2. The van der Waals surface area contributed by atoms with Crippen molar-refractivity contribution in [3.63, 3.8) is 0 Å². The van der Waals surface area contributed by atoms with E-state index in [0.717, 1.165) is 0 Å². The molecule has 0 aliphatic rings. The Morgan fingerprint density at radius 2 is 2.06 bits per heavy atom. The first kappa shape index (κ1) is 14.6. The van der Waals surface area contributed by atoms with Crippen molar-refractivity contribution in [3.05, 3.63) is 11.4 Å². The fourth-order valence-corrected chi connectivity index (χ4v) is 1.67. The predicted molar refractivity (Wildman–Crippen MR) is 63.5 cm³/mol. The Morgan fingerprint density at radius 1 is 1.33 bits per heavy atom. The molecule has 0 amide bonds. The molecule has 0 aliphatic carbocycles. The minimum atomic E-state index is -0.489. The van der Waals surface area contributed by atoms with E-state index in [-0.39, 0.29) is 11.7 Å². The first-order valence-corrected chi connectivity index (χ1v) is 5.65. The summed E-state index contributed by atoms with van der Waals surface area (Å²) in [5.74, 6) is -0.489. The standard InChI is InChI=1S/C11H19N3O4/c1-8(7-17-3)14-9(5-6-16-2)10(12-13-14)11(15)18-4/h8H,5-7H2,1-4H3. The van der Waals surface area contributed by atoms with Gasteiger partial charge in [-0.25, -0.2) is 9.48 Å². The number of nitrogens with zero attached hydrogens (tertiary/aromatic N) is 3. The highest BCUT2D eigenvalue weighted by Crippen LogP contribution is 2.14. The molecule has 0 fully saturated rings. The molecule has 7 heteroatoms. The molecule has 0 radical (unpaired) electrons. The van der Waals surface area contributed by atoms with Crippen LogP contribution in [-0.4, -0.2) is 55.5 Å². The van der Waals surface area contributed by atoms with Gasteiger partial charge < -0.3 is 14.2 Å². The molecule has 0 aliphatic heterocycles. The highest BCUT2D eigenvalue weighted by atomic mass is 16.5. The quantitative estimate of drug-likeness (QED) is 0.661. The van der Waals surface area contributed by atoms with Crippen LogP contribution in [0.3, 0.4) is 0 Å². The number of esters is 1. The van der Waals surface area contributed by atoms with Crippen LogP contribution in [0.2, 0.25) is 0 Å². The molecule has 0 bridgehead atoms. The van der Waals surface area contributed by atoms with Gasteiger partial charge in [-0.1, -0.05) is 5.21 Å². The molecule has 7 nitrogen and oxygen atoms in total. The van der Waals surface area contributed by atoms with Crippen LogP contribution in [0.25, 0.3) is 0 Å². The van der Waals surface area contributed by atoms with Crippen molar-refractivity contribution < 1.29 is 19.0 Å². The number of aromatic nitrogens is 3. The zero-order valence-electron chi connectivity index (χ0n) is 11.2. The van der Waals surface area contributed by atoms with Gasteiger partial charge in [0, 0.05) is 20.6 Å². The number of hydrogen-bond acceptors (Lipinski definition) is 6. The predicted octanol–water partition coefficient (Wildman–Crippen LogP) is 0.461. The molecule has 1 unspecified atom stereocenters. The van der Waals surface area contributed by atoms with E-state index in [2.05, 4.69) is 15.0 Å². The maximum absolute atomic E-state index is 11.6. The van der Waals surface area contributed by atoms with Crippen molar-refractivity contribution in [1.82, 2.24) is 15.0 Å². The van der Waals surface area contributed by atoms with E-state index in [9.17, 15) is 4.79 Å². The molecule has 18 heavy (non-hydrogen) atoms. The van der Waals surface area contributed by atoms with Gasteiger partial charge in [-0.2, -0.15) is 0 Å². The molecule has 102 valence electrons. The summed E-state index contributed by atoms with van der Waals surface area (Å²) in [6.45, 7) is 2.91. The number of carbonyl (C=O) groups excluding carboxylic acids is 1. The van der Waals surface area contributed by atoms with E-state index >= 15 is 0 Å². The van der Waals surface area contributed by atoms with E-state index in [1.807, 2.05) is 6.92 Å². The molecule has 0 spiro atoms. The third-order valence-corrected chi connectivity index (χ3v) is 2.54. The summed E-state index contributed by atoms with van der Waals surface area (Å²) in [5, 5.41) is 7.86. The van der Waals surface area contributed by atoms with Crippen molar-refractivity contribution in [2.75, 3.05) is 34.5 Å². The van der Waals surface area contributed by atoms with Crippen molar-refractivity contribution in [3.8, 4) is 0 Å². The maximum atomic E-state index is 11.6. The van der Waals surface area contributed by atoms with E-state index < -0.39 is 5.97 Å². The number of ether oxygens (including phenoxy) is 3. The summed E-state index contributed by atoms with van der Waals surface area (Å²) in [7, 11) is 4.54. The smallest absolute Gasteiger partial charge is 0.360 e. The van der Waals surface area contributed by atoms with Gasteiger partial charge in [0.15, 0.2) is 5.69 Å². The largest absolute Gasteiger partial charge is 0.464 e. The van der Waals surface area contributed by atoms with E-state index in [1.54, 1.807) is 18.9 Å². The van der Waals surface area contributed by atoms with Crippen LogP contribution >= 0.6 is 0 Å². The normalized spacial score (nSPS) is 12.4. The van der Waals surface area contributed by atoms with Gasteiger partial charge in [-0.05, 0) is 6.92 Å². The SMILES string of the molecule is COCCc1c(C(=O)OC)nnn1C(C)COC. The molecular weight excluding hydrogens is 238 g/mol. The van der Waals surface area contributed by atoms with Gasteiger partial charge in [0.1, 0.15) is 0 Å². The van der Waals surface area contributed by atoms with Crippen molar-refractivity contribution in [2.24, 2.45) is 0 Å². The fraction of sp³-hybridized carbons (Fsp3) is 0.727. The number of carbonyl (C=O) groups is 1. The molecule has 1 heterocycles. The molecule has 0 aromatic carbocycles. The van der Waals surface area contributed by atoms with Crippen LogP contribution in [-0.2, 0) is 20.6 Å². The van der Waals surface area contributed by atoms with Crippen LogP contribution in [0.1, 0.15) is 29.1 Å². The summed E-state index contributed by atoms with van der Waals surface area (Å²) >= 11 is 0. The molecular formula is C11H19N3O4. The van der Waals surface area contributed by atoms with E-state index in [0.29, 0.717) is 25.3 Å². The number of methoxy groups -OCH3 is 3. The van der Waals surface area contributed by atoms with Gasteiger partial charge >= 0.3 is 5.97 Å². The van der Waals surface area contributed by atoms with Gasteiger partial charge in [-0.3, -0.25) is 0 Å². The van der Waals surface area contributed by atoms with Crippen LogP contribution in [0.4, 0.5) is 0 Å². The summed E-state index contributed by atoms with van der Waals surface area (Å²) < 4.78 is 16.5. The van der Waals surface area contributed by atoms with Crippen LogP contribution in [0.5, 0.6) is 0 Å². The lowest BCUT2D eigenvalue weighted by molar-refractivity contribution is 0.0592. The Morgan fingerprint density at radius 3 is 2.61 bits per heavy atom. The Bertz CT molecular complexity index is 392. The van der Waals surface area contributed by atoms with Crippen LogP contribution < -0.4 is 0 Å². The highest BCUT2D eigenvalue weighted by molar-refractivity contribution is 5.88. The minimum absolute atomic E-state index is 0.00670. The molecule has 0 saturated heterocycles. The number of hydrogen-bond donors (Lipinski definition) is 0. The van der Waals surface area contributed by atoms with E-state index in [4.69, 9.17) is 9.47 Å². The lowest BCUT2D eigenvalue weighted by Crippen LogP contribution is -2.18. The maximum Gasteiger partial charge on any atom is 0.360 e. The lowest BCUT2D eigenvalue weighted by Gasteiger charge is -2.13. The van der Waals surface area contributed by atoms with Gasteiger partial charge in [0.05, 0.1) is 32.1 Å². The Kier molecular flexibility index (Phi) is 5.73. The second kappa shape index (κ2) is 7.07. The van der Waals surface area contributed by atoms with Gasteiger partial charge in [0.25, 0.3) is 0 Å². The molecule has 1 rings (SSSR count). The van der Waals surface area contributed by atoms with Gasteiger partial charge in [-0.15, -0.1) is 5.10 Å². The average molecular weight is 257 g/mol. The van der Waals surface area contributed by atoms with Gasteiger partial charge in [0.2, 0.25) is 0 Å². The number of rotatable bonds is 7. The fourth-order valence-electron chi connectivity index (χ4n) is 1.67. The highest BCUT2D eigenvalue weighted by Gasteiger charge is 2.22. The third-order valence-electron chi connectivity index (χ3n) is 2.54. The second-order valence-corrected chi connectivity index (χ2v) is 3.87.